The van der Waals surface area contributed by atoms with Crippen LogP contribution in [0.15, 0.2) is 42.7 Å². The van der Waals surface area contributed by atoms with E-state index in [0.717, 1.165) is 46.6 Å². The van der Waals surface area contributed by atoms with Gasteiger partial charge in [-0.2, -0.15) is 9.97 Å². The van der Waals surface area contributed by atoms with Gasteiger partial charge >= 0.3 is 0 Å². The fraction of sp³-hybridized carbons (Fsp3) is 0.400. The highest BCUT2D eigenvalue weighted by atomic mass is 35.5. The van der Waals surface area contributed by atoms with Gasteiger partial charge in [-0.1, -0.05) is 18.2 Å². The van der Waals surface area contributed by atoms with Gasteiger partial charge in [0.15, 0.2) is 17.0 Å². The molecule has 5 rings (SSSR count). The van der Waals surface area contributed by atoms with Gasteiger partial charge in [-0.25, -0.2) is 9.37 Å². The minimum Gasteiger partial charge on any atom is -0.363 e. The summed E-state index contributed by atoms with van der Waals surface area (Å²) in [6.07, 6.45) is 5.88. The van der Waals surface area contributed by atoms with E-state index in [2.05, 4.69) is 34.0 Å². The molecule has 4 N–H and O–H groups in total. The Morgan fingerprint density at radius 3 is 2.63 bits per heavy atom. The van der Waals surface area contributed by atoms with Crippen molar-refractivity contribution in [3.05, 3.63) is 53.4 Å². The minimum atomic E-state index is -0.208. The zero-order valence-electron chi connectivity index (χ0n) is 19.9. The number of benzene rings is 1. The van der Waals surface area contributed by atoms with E-state index in [9.17, 15) is 4.39 Å². The number of hydrogen-bond acceptors (Lipinski definition) is 7. The molecule has 1 fully saturated rings. The SMILES string of the molecule is CC(C)n1cnc2c(NCc3ccc(-c4ccccc4F)s3)nc(NC3CCC(N)CC3)nc21.Cl. The number of nitrogens with zero attached hydrogens (tertiary/aromatic N) is 4. The zero-order valence-corrected chi connectivity index (χ0v) is 21.5. The van der Waals surface area contributed by atoms with Crippen molar-refractivity contribution in [1.82, 2.24) is 19.5 Å². The molecule has 1 aromatic carbocycles. The van der Waals surface area contributed by atoms with E-state index in [1.807, 2.05) is 24.5 Å². The molecule has 0 saturated heterocycles. The average molecular weight is 516 g/mol. The molecule has 186 valence electrons. The molecule has 0 bridgehead atoms. The van der Waals surface area contributed by atoms with Crippen LogP contribution in [0, 0.1) is 5.82 Å². The van der Waals surface area contributed by atoms with Gasteiger partial charge in [-0.3, -0.25) is 0 Å². The van der Waals surface area contributed by atoms with Gasteiger partial charge in [0.25, 0.3) is 0 Å². The Labute approximate surface area is 214 Å². The normalized spacial score (nSPS) is 18.0. The van der Waals surface area contributed by atoms with Crippen molar-refractivity contribution in [1.29, 1.82) is 0 Å². The highest BCUT2D eigenvalue weighted by molar-refractivity contribution is 7.15. The number of halogens is 2. The molecule has 4 aromatic rings. The third-order valence-corrected chi connectivity index (χ3v) is 7.43. The monoisotopic (exact) mass is 515 g/mol. The summed E-state index contributed by atoms with van der Waals surface area (Å²) in [5.41, 5.74) is 8.24. The summed E-state index contributed by atoms with van der Waals surface area (Å²) in [6.45, 7) is 4.79. The maximum atomic E-state index is 14.2. The van der Waals surface area contributed by atoms with Crippen LogP contribution < -0.4 is 16.4 Å². The van der Waals surface area contributed by atoms with E-state index in [1.54, 1.807) is 23.5 Å². The van der Waals surface area contributed by atoms with Crippen molar-refractivity contribution in [3.63, 3.8) is 0 Å². The van der Waals surface area contributed by atoms with E-state index in [0.29, 0.717) is 36.0 Å². The summed E-state index contributed by atoms with van der Waals surface area (Å²) < 4.78 is 16.2. The predicted molar refractivity (Wildman–Crippen MR) is 144 cm³/mol. The summed E-state index contributed by atoms with van der Waals surface area (Å²) >= 11 is 1.57. The molecule has 3 aromatic heterocycles. The van der Waals surface area contributed by atoms with Crippen LogP contribution in [-0.4, -0.2) is 31.6 Å². The zero-order chi connectivity index (χ0) is 23.7. The van der Waals surface area contributed by atoms with Crippen LogP contribution in [0.1, 0.15) is 50.4 Å². The third-order valence-electron chi connectivity index (χ3n) is 6.31. The van der Waals surface area contributed by atoms with E-state index in [-0.39, 0.29) is 24.3 Å². The maximum Gasteiger partial charge on any atom is 0.227 e. The molecule has 7 nitrogen and oxygen atoms in total. The maximum absolute atomic E-state index is 14.2. The van der Waals surface area contributed by atoms with Crippen molar-refractivity contribution in [2.45, 2.75) is 64.2 Å². The molecule has 1 aliphatic carbocycles. The predicted octanol–water partition coefficient (Wildman–Crippen LogP) is 5.99. The average Bonchev–Trinajstić information content (AvgIpc) is 3.47. The van der Waals surface area contributed by atoms with E-state index < -0.39 is 0 Å². The van der Waals surface area contributed by atoms with Crippen LogP contribution in [0.5, 0.6) is 0 Å². The Morgan fingerprint density at radius 1 is 1.11 bits per heavy atom. The Morgan fingerprint density at radius 2 is 1.89 bits per heavy atom. The summed E-state index contributed by atoms with van der Waals surface area (Å²) in [5.74, 6) is 1.09. The summed E-state index contributed by atoms with van der Waals surface area (Å²) in [5, 5.41) is 6.97. The molecular formula is C25H31ClFN7S. The number of nitrogens with two attached hydrogens (primary N) is 1. The molecule has 1 aliphatic rings. The van der Waals surface area contributed by atoms with Crippen molar-refractivity contribution < 1.29 is 4.39 Å². The number of anilines is 2. The molecule has 3 heterocycles. The molecule has 0 aliphatic heterocycles. The highest BCUT2D eigenvalue weighted by Gasteiger charge is 2.21. The second-order valence-corrected chi connectivity index (χ2v) is 10.3. The van der Waals surface area contributed by atoms with Gasteiger partial charge in [0, 0.05) is 33.4 Å². The molecule has 10 heteroatoms. The second-order valence-electron chi connectivity index (χ2n) is 9.17. The van der Waals surface area contributed by atoms with Crippen LogP contribution in [0.3, 0.4) is 0 Å². The van der Waals surface area contributed by atoms with E-state index in [1.165, 1.54) is 6.07 Å². The lowest BCUT2D eigenvalue weighted by atomic mass is 9.92. The number of aromatic nitrogens is 4. The summed E-state index contributed by atoms with van der Waals surface area (Å²) in [6, 6.07) is 11.7. The molecular weight excluding hydrogens is 485 g/mol. The smallest absolute Gasteiger partial charge is 0.227 e. The molecule has 0 unspecified atom stereocenters. The fourth-order valence-electron chi connectivity index (χ4n) is 4.38. The molecule has 1 saturated carbocycles. The highest BCUT2D eigenvalue weighted by Crippen LogP contribution is 2.31. The van der Waals surface area contributed by atoms with Crippen LogP contribution in [-0.2, 0) is 6.54 Å². The van der Waals surface area contributed by atoms with Crippen LogP contribution in [0.25, 0.3) is 21.6 Å². The number of imidazole rings is 1. The Kier molecular flexibility index (Phi) is 7.88. The largest absolute Gasteiger partial charge is 0.363 e. The first-order valence-electron chi connectivity index (χ1n) is 11.8. The number of rotatable bonds is 7. The lowest BCUT2D eigenvalue weighted by Gasteiger charge is -2.27. The van der Waals surface area contributed by atoms with E-state index in [4.69, 9.17) is 15.7 Å². The first-order valence-corrected chi connectivity index (χ1v) is 12.6. The molecule has 0 amide bonds. The Bertz CT molecular complexity index is 1280. The Hall–Kier alpha value is -2.75. The lowest BCUT2D eigenvalue weighted by Crippen LogP contribution is -2.33. The van der Waals surface area contributed by atoms with Gasteiger partial charge in [-0.05, 0) is 57.7 Å². The number of fused-ring (bicyclic) bond motifs is 1. The first-order chi connectivity index (χ1) is 16.5. The minimum absolute atomic E-state index is 0. The number of hydrogen-bond donors (Lipinski definition) is 3. The van der Waals surface area contributed by atoms with Crippen molar-refractivity contribution in [2.24, 2.45) is 5.73 Å². The van der Waals surface area contributed by atoms with Crippen molar-refractivity contribution in [2.75, 3.05) is 10.6 Å². The summed E-state index contributed by atoms with van der Waals surface area (Å²) in [7, 11) is 0. The molecule has 0 atom stereocenters. The lowest BCUT2D eigenvalue weighted by molar-refractivity contribution is 0.410. The summed E-state index contributed by atoms with van der Waals surface area (Å²) in [4.78, 5) is 16.2. The van der Waals surface area contributed by atoms with Crippen LogP contribution in [0.4, 0.5) is 16.2 Å². The van der Waals surface area contributed by atoms with Crippen LogP contribution in [0.2, 0.25) is 0 Å². The fourth-order valence-corrected chi connectivity index (χ4v) is 5.35. The van der Waals surface area contributed by atoms with Crippen molar-refractivity contribution in [3.8, 4) is 10.4 Å². The van der Waals surface area contributed by atoms with Gasteiger partial charge in [0.2, 0.25) is 5.95 Å². The number of nitrogens with one attached hydrogen (secondary N) is 2. The Balaban J connectivity index is 0.00000289. The quantitative estimate of drug-likeness (QED) is 0.280. The third kappa shape index (κ3) is 5.58. The van der Waals surface area contributed by atoms with Gasteiger partial charge in [0.05, 0.1) is 12.9 Å². The standard InChI is InChI=1S/C25H30FN7S.ClH/c1-15(2)33-14-29-22-23(31-25(32-24(22)33)30-17-9-7-16(27)8-10-17)28-13-18-11-12-21(34-18)19-5-3-4-6-20(19)26;/h3-6,11-12,14-17H,7-10,13,27H2,1-2H3,(H2,28,30,31,32);1H. The first kappa shape index (κ1) is 25.3. The van der Waals surface area contributed by atoms with Gasteiger partial charge in [-0.15, -0.1) is 23.7 Å². The molecule has 0 radical (unpaired) electrons. The van der Waals surface area contributed by atoms with Gasteiger partial charge < -0.3 is 20.9 Å². The number of thiophene rings is 1. The molecule has 0 spiro atoms. The topological polar surface area (TPSA) is 93.7 Å². The molecule has 35 heavy (non-hydrogen) atoms. The second kappa shape index (κ2) is 10.9. The van der Waals surface area contributed by atoms with Gasteiger partial charge in [0.1, 0.15) is 5.82 Å². The van der Waals surface area contributed by atoms with Crippen LogP contribution >= 0.6 is 23.7 Å². The van der Waals surface area contributed by atoms with E-state index >= 15 is 0 Å². The van der Waals surface area contributed by atoms with Crippen molar-refractivity contribution >= 4 is 46.7 Å².